The summed E-state index contributed by atoms with van der Waals surface area (Å²) in [6.07, 6.45) is 0. The first-order valence-electron chi connectivity index (χ1n) is 5.03. The maximum Gasteiger partial charge on any atom is 0.323 e. The highest BCUT2D eigenvalue weighted by Crippen LogP contribution is 2.08. The fourth-order valence-corrected chi connectivity index (χ4v) is 1.34. The van der Waals surface area contributed by atoms with E-state index in [2.05, 4.69) is 10.6 Å². The molecule has 0 aliphatic heterocycles. The van der Waals surface area contributed by atoms with E-state index in [0.717, 1.165) is 11.4 Å². The molecule has 0 aromatic heterocycles. The third-order valence-corrected chi connectivity index (χ3v) is 2.06. The summed E-state index contributed by atoms with van der Waals surface area (Å²) >= 11 is 0. The molecule has 0 radical (unpaired) electrons. The van der Waals surface area contributed by atoms with Crippen molar-refractivity contribution in [2.45, 2.75) is 0 Å². The van der Waals surface area contributed by atoms with Crippen LogP contribution in [-0.2, 0) is 0 Å². The Morgan fingerprint density at radius 2 is 0.947 bits per heavy atom. The van der Waals surface area contributed by atoms with Crippen molar-refractivity contribution >= 4 is 54.6 Å². The lowest BCUT2D eigenvalue weighted by Gasteiger charge is -2.06. The van der Waals surface area contributed by atoms with Gasteiger partial charge >= 0.3 is 6.03 Å². The van der Waals surface area contributed by atoms with Gasteiger partial charge in [0.25, 0.3) is 0 Å². The average molecular weight is 322 g/mol. The van der Waals surface area contributed by atoms with Crippen LogP contribution in [-0.4, -0.2) is 6.03 Å². The molecule has 0 atom stereocenters. The lowest BCUT2D eigenvalue weighted by atomic mass is 10.3. The fourth-order valence-electron chi connectivity index (χ4n) is 1.34. The Balaban J connectivity index is 0. The van der Waals surface area contributed by atoms with Crippen molar-refractivity contribution in [3.63, 3.8) is 0 Å². The van der Waals surface area contributed by atoms with Gasteiger partial charge in [0.15, 0.2) is 0 Å². The summed E-state index contributed by atoms with van der Waals surface area (Å²) in [6, 6.07) is 18.4. The molecule has 0 aliphatic rings. The van der Waals surface area contributed by atoms with Crippen LogP contribution in [0.1, 0.15) is 0 Å². The number of urea groups is 1. The number of halogens is 3. The van der Waals surface area contributed by atoms with Gasteiger partial charge in [-0.1, -0.05) is 36.4 Å². The lowest BCUT2D eigenvalue weighted by Crippen LogP contribution is -2.19. The molecule has 0 fully saturated rings. The molecule has 0 saturated carbocycles. The van der Waals surface area contributed by atoms with Gasteiger partial charge in [-0.3, -0.25) is 0 Å². The molecule has 0 spiro atoms. The van der Waals surface area contributed by atoms with Crippen molar-refractivity contribution in [3.8, 4) is 0 Å². The molecule has 3 nitrogen and oxygen atoms in total. The third-order valence-electron chi connectivity index (χ3n) is 2.06. The quantitative estimate of drug-likeness (QED) is 0.834. The molecule has 0 saturated heterocycles. The number of hydrogen-bond donors (Lipinski definition) is 2. The van der Waals surface area contributed by atoms with E-state index in [-0.39, 0.29) is 43.3 Å². The van der Waals surface area contributed by atoms with Crippen LogP contribution in [0.25, 0.3) is 0 Å². The van der Waals surface area contributed by atoms with E-state index in [9.17, 15) is 4.79 Å². The molecule has 2 rings (SSSR count). The van der Waals surface area contributed by atoms with E-state index < -0.39 is 0 Å². The predicted molar refractivity (Wildman–Crippen MR) is 87.3 cm³/mol. The minimum atomic E-state index is -0.239. The largest absolute Gasteiger partial charge is 0.323 e. The van der Waals surface area contributed by atoms with E-state index in [1.165, 1.54) is 0 Å². The van der Waals surface area contributed by atoms with Crippen LogP contribution in [0.4, 0.5) is 16.2 Å². The van der Waals surface area contributed by atoms with Crippen molar-refractivity contribution in [2.24, 2.45) is 0 Å². The summed E-state index contributed by atoms with van der Waals surface area (Å²) in [7, 11) is 0. The van der Waals surface area contributed by atoms with E-state index in [1.54, 1.807) is 0 Å². The summed E-state index contributed by atoms with van der Waals surface area (Å²) in [5.74, 6) is 0. The summed E-state index contributed by atoms with van der Waals surface area (Å²) in [6.45, 7) is 0. The molecular weight excluding hydrogens is 307 g/mol. The normalized spacial score (nSPS) is 8.00. The van der Waals surface area contributed by atoms with Crippen molar-refractivity contribution < 1.29 is 4.79 Å². The van der Waals surface area contributed by atoms with Crippen LogP contribution in [0, 0.1) is 0 Å². The molecule has 0 unspecified atom stereocenters. The van der Waals surface area contributed by atoms with Crippen LogP contribution < -0.4 is 10.6 Å². The summed E-state index contributed by atoms with van der Waals surface area (Å²) < 4.78 is 0. The van der Waals surface area contributed by atoms with Crippen molar-refractivity contribution in [3.05, 3.63) is 60.7 Å². The summed E-state index contributed by atoms with van der Waals surface area (Å²) in [5, 5.41) is 5.48. The van der Waals surface area contributed by atoms with Crippen molar-refractivity contribution in [1.29, 1.82) is 0 Å². The minimum absolute atomic E-state index is 0. The maximum absolute atomic E-state index is 11.6. The Morgan fingerprint density at radius 1 is 0.632 bits per heavy atom. The molecular formula is C13H15Cl3N2O. The molecule has 2 N–H and O–H groups in total. The highest BCUT2D eigenvalue weighted by atomic mass is 35.5. The maximum atomic E-state index is 11.6. The van der Waals surface area contributed by atoms with Crippen molar-refractivity contribution in [2.75, 3.05) is 10.6 Å². The highest BCUT2D eigenvalue weighted by Gasteiger charge is 2.00. The average Bonchev–Trinajstić information content (AvgIpc) is 2.31. The zero-order valence-electron chi connectivity index (χ0n) is 9.91. The molecule has 6 heteroatoms. The Labute approximate surface area is 131 Å². The topological polar surface area (TPSA) is 41.1 Å². The van der Waals surface area contributed by atoms with Gasteiger partial charge in [0.05, 0.1) is 0 Å². The van der Waals surface area contributed by atoms with Crippen LogP contribution in [0.3, 0.4) is 0 Å². The van der Waals surface area contributed by atoms with Crippen LogP contribution in [0.5, 0.6) is 0 Å². The number of carbonyl (C=O) groups is 1. The lowest BCUT2D eigenvalue weighted by molar-refractivity contribution is 0.262. The highest BCUT2D eigenvalue weighted by molar-refractivity contribution is 5.99. The Bertz CT molecular complexity index is 422. The first kappa shape index (κ1) is 19.9. The fraction of sp³-hybridized carbons (Fsp3) is 0. The predicted octanol–water partition coefficient (Wildman–Crippen LogP) is 4.60. The van der Waals surface area contributed by atoms with Crippen molar-refractivity contribution in [1.82, 2.24) is 0 Å². The SMILES string of the molecule is Cl.Cl.Cl.O=C(Nc1ccccc1)Nc1ccccc1. The first-order chi connectivity index (χ1) is 7.84. The third kappa shape index (κ3) is 6.91. The van der Waals surface area contributed by atoms with Crippen LogP contribution in [0.2, 0.25) is 0 Å². The number of benzene rings is 2. The van der Waals surface area contributed by atoms with Gasteiger partial charge in [-0.2, -0.15) is 0 Å². The zero-order valence-corrected chi connectivity index (χ0v) is 12.4. The number of amides is 2. The van der Waals surface area contributed by atoms with Gasteiger partial charge in [-0.25, -0.2) is 4.79 Å². The monoisotopic (exact) mass is 320 g/mol. The van der Waals surface area contributed by atoms with E-state index in [4.69, 9.17) is 0 Å². The number of nitrogens with one attached hydrogen (secondary N) is 2. The standard InChI is InChI=1S/C13H12N2O.3ClH/c16-13(14-11-7-3-1-4-8-11)15-12-9-5-2-6-10-12;;;/h1-10H,(H2,14,15,16);3*1H. The van der Waals surface area contributed by atoms with Gasteiger partial charge in [-0.15, -0.1) is 37.2 Å². The second kappa shape index (κ2) is 10.5. The van der Waals surface area contributed by atoms with Crippen LogP contribution in [0.15, 0.2) is 60.7 Å². The van der Waals surface area contributed by atoms with Gasteiger partial charge in [0.2, 0.25) is 0 Å². The first-order valence-corrected chi connectivity index (χ1v) is 5.03. The molecule has 0 heterocycles. The van der Waals surface area contributed by atoms with Crippen LogP contribution >= 0.6 is 37.2 Å². The van der Waals surface area contributed by atoms with Gasteiger partial charge in [0.1, 0.15) is 0 Å². The zero-order chi connectivity index (χ0) is 11.2. The van der Waals surface area contributed by atoms with E-state index in [0.29, 0.717) is 0 Å². The number of rotatable bonds is 2. The smallest absolute Gasteiger partial charge is 0.308 e. The van der Waals surface area contributed by atoms with Gasteiger partial charge < -0.3 is 10.6 Å². The minimum Gasteiger partial charge on any atom is -0.308 e. The summed E-state index contributed by atoms with van der Waals surface area (Å²) in [5.41, 5.74) is 1.55. The second-order valence-electron chi connectivity index (χ2n) is 3.31. The molecule has 104 valence electrons. The van der Waals surface area contributed by atoms with E-state index in [1.807, 2.05) is 60.7 Å². The Kier molecular flexibility index (Phi) is 11.0. The number of hydrogen-bond acceptors (Lipinski definition) is 1. The second-order valence-corrected chi connectivity index (χ2v) is 3.31. The van der Waals surface area contributed by atoms with Gasteiger partial charge in [0, 0.05) is 11.4 Å². The number of carbonyl (C=O) groups excluding carboxylic acids is 1. The summed E-state index contributed by atoms with van der Waals surface area (Å²) in [4.78, 5) is 11.6. The molecule has 2 amide bonds. The number of anilines is 2. The molecule has 19 heavy (non-hydrogen) atoms. The molecule has 2 aromatic rings. The number of para-hydroxylation sites is 2. The Hall–Kier alpha value is -1.42. The molecule has 2 aromatic carbocycles. The molecule has 0 bridgehead atoms. The Morgan fingerprint density at radius 3 is 1.26 bits per heavy atom. The van der Waals surface area contributed by atoms with E-state index >= 15 is 0 Å². The molecule has 0 aliphatic carbocycles. The van der Waals surface area contributed by atoms with Gasteiger partial charge in [-0.05, 0) is 24.3 Å².